The number of carbonyl (C=O) groups excluding carboxylic acids is 1. The molecular formula is C13H15BrN2O3. The fourth-order valence-electron chi connectivity index (χ4n) is 2.28. The summed E-state index contributed by atoms with van der Waals surface area (Å²) in [6, 6.07) is 4.66. The minimum atomic E-state index is -0.962. The van der Waals surface area contributed by atoms with E-state index < -0.39 is 5.97 Å². The molecule has 1 amide bonds. The number of piperazine rings is 1. The van der Waals surface area contributed by atoms with Gasteiger partial charge >= 0.3 is 5.97 Å². The highest BCUT2D eigenvalue weighted by Gasteiger charge is 2.29. The van der Waals surface area contributed by atoms with Crippen molar-refractivity contribution in [3.05, 3.63) is 28.2 Å². The van der Waals surface area contributed by atoms with Crippen molar-refractivity contribution < 1.29 is 14.7 Å². The minimum absolute atomic E-state index is 0.0166. The van der Waals surface area contributed by atoms with Crippen LogP contribution in [0.2, 0.25) is 0 Å². The maximum Gasteiger partial charge on any atom is 0.335 e. The van der Waals surface area contributed by atoms with Crippen LogP contribution in [0.5, 0.6) is 0 Å². The lowest BCUT2D eigenvalue weighted by molar-refractivity contribution is -0.123. The van der Waals surface area contributed by atoms with Crippen molar-refractivity contribution in [2.24, 2.45) is 0 Å². The molecule has 1 unspecified atom stereocenters. The number of carboxylic acids is 1. The number of halogens is 1. The molecule has 1 aromatic rings. The molecule has 6 heteroatoms. The van der Waals surface area contributed by atoms with Gasteiger partial charge in [0.15, 0.2) is 0 Å². The van der Waals surface area contributed by atoms with Crippen LogP contribution in [0, 0.1) is 0 Å². The number of aromatic carboxylic acids is 1. The third-order valence-electron chi connectivity index (χ3n) is 3.22. The molecule has 2 N–H and O–H groups in total. The monoisotopic (exact) mass is 326 g/mol. The molecule has 0 aliphatic carbocycles. The first-order valence-electron chi connectivity index (χ1n) is 6.11. The van der Waals surface area contributed by atoms with Crippen molar-refractivity contribution in [3.63, 3.8) is 0 Å². The Kier molecular flexibility index (Phi) is 4.09. The van der Waals surface area contributed by atoms with Gasteiger partial charge in [0, 0.05) is 17.6 Å². The number of rotatable bonds is 3. The second-order valence-corrected chi connectivity index (χ2v) is 5.23. The highest BCUT2D eigenvalue weighted by atomic mass is 79.9. The van der Waals surface area contributed by atoms with Crippen molar-refractivity contribution >= 4 is 33.5 Å². The third-order valence-corrected chi connectivity index (χ3v) is 3.86. The molecule has 1 heterocycles. The minimum Gasteiger partial charge on any atom is -0.478 e. The molecule has 19 heavy (non-hydrogen) atoms. The normalized spacial score (nSPS) is 19.2. The van der Waals surface area contributed by atoms with Crippen LogP contribution < -0.4 is 10.2 Å². The number of carboxylic acid groups (broad SMARTS) is 1. The van der Waals surface area contributed by atoms with Gasteiger partial charge in [-0.2, -0.15) is 0 Å². The lowest BCUT2D eigenvalue weighted by Gasteiger charge is -2.36. The Hall–Kier alpha value is -1.56. The van der Waals surface area contributed by atoms with Crippen LogP contribution in [0.4, 0.5) is 5.69 Å². The number of amides is 1. The van der Waals surface area contributed by atoms with E-state index in [1.165, 1.54) is 0 Å². The van der Waals surface area contributed by atoms with E-state index in [4.69, 9.17) is 5.11 Å². The molecule has 0 bridgehead atoms. The first-order valence-corrected chi connectivity index (χ1v) is 6.91. The van der Waals surface area contributed by atoms with Crippen LogP contribution >= 0.6 is 15.9 Å². The van der Waals surface area contributed by atoms with Crippen molar-refractivity contribution in [3.8, 4) is 0 Å². The van der Waals surface area contributed by atoms with Crippen LogP contribution in [0.15, 0.2) is 22.7 Å². The number of nitrogens with zero attached hydrogens (tertiary/aromatic N) is 1. The van der Waals surface area contributed by atoms with E-state index in [2.05, 4.69) is 21.2 Å². The quantitative estimate of drug-likeness (QED) is 0.889. The summed E-state index contributed by atoms with van der Waals surface area (Å²) in [6.07, 6.45) is 0.707. The Morgan fingerprint density at radius 2 is 2.32 bits per heavy atom. The van der Waals surface area contributed by atoms with Crippen molar-refractivity contribution in [2.75, 3.05) is 18.0 Å². The Bertz CT molecular complexity index is 519. The maximum atomic E-state index is 11.8. The summed E-state index contributed by atoms with van der Waals surface area (Å²) in [6.45, 7) is 3.28. The number of benzene rings is 1. The van der Waals surface area contributed by atoms with E-state index in [1.807, 2.05) is 11.8 Å². The van der Waals surface area contributed by atoms with Gasteiger partial charge in [-0.15, -0.1) is 0 Å². The van der Waals surface area contributed by atoms with E-state index in [0.717, 1.165) is 12.2 Å². The number of carbonyl (C=O) groups is 2. The van der Waals surface area contributed by atoms with Crippen LogP contribution in [0.3, 0.4) is 0 Å². The van der Waals surface area contributed by atoms with E-state index in [9.17, 15) is 9.59 Å². The highest BCUT2D eigenvalue weighted by Crippen LogP contribution is 2.30. The summed E-state index contributed by atoms with van der Waals surface area (Å²) < 4.78 is 0.695. The van der Waals surface area contributed by atoms with Crippen LogP contribution in [-0.2, 0) is 4.79 Å². The summed E-state index contributed by atoms with van der Waals surface area (Å²) in [5.74, 6) is -0.946. The first kappa shape index (κ1) is 13.9. The molecule has 102 valence electrons. The molecule has 1 aliphatic heterocycles. The topological polar surface area (TPSA) is 69.6 Å². The summed E-state index contributed by atoms with van der Waals surface area (Å²) in [7, 11) is 0. The second kappa shape index (κ2) is 5.61. The van der Waals surface area contributed by atoms with Gasteiger partial charge in [0.25, 0.3) is 0 Å². The summed E-state index contributed by atoms with van der Waals surface area (Å²) in [4.78, 5) is 24.8. The van der Waals surface area contributed by atoms with E-state index >= 15 is 0 Å². The molecule has 0 aromatic heterocycles. The molecule has 2 rings (SSSR count). The zero-order chi connectivity index (χ0) is 14.0. The van der Waals surface area contributed by atoms with E-state index in [-0.39, 0.29) is 17.5 Å². The molecule has 0 radical (unpaired) electrons. The number of nitrogens with one attached hydrogen (secondary N) is 1. The Morgan fingerprint density at radius 1 is 1.58 bits per heavy atom. The van der Waals surface area contributed by atoms with Gasteiger partial charge in [0.2, 0.25) is 5.91 Å². The van der Waals surface area contributed by atoms with Gasteiger partial charge in [0.05, 0.1) is 11.3 Å². The van der Waals surface area contributed by atoms with Gasteiger partial charge < -0.3 is 15.3 Å². The fourth-order valence-corrected chi connectivity index (χ4v) is 2.89. The highest BCUT2D eigenvalue weighted by molar-refractivity contribution is 9.10. The van der Waals surface area contributed by atoms with Gasteiger partial charge in [-0.05, 0) is 40.5 Å². The largest absolute Gasteiger partial charge is 0.478 e. The van der Waals surface area contributed by atoms with E-state index in [1.54, 1.807) is 18.2 Å². The average molecular weight is 327 g/mol. The van der Waals surface area contributed by atoms with Gasteiger partial charge in [0.1, 0.15) is 6.04 Å². The van der Waals surface area contributed by atoms with Gasteiger partial charge in [-0.1, -0.05) is 6.92 Å². The maximum absolute atomic E-state index is 11.8. The van der Waals surface area contributed by atoms with E-state index in [0.29, 0.717) is 17.4 Å². The zero-order valence-corrected chi connectivity index (χ0v) is 12.1. The Labute approximate surface area is 119 Å². The van der Waals surface area contributed by atoms with Gasteiger partial charge in [-0.3, -0.25) is 4.79 Å². The molecule has 1 aromatic carbocycles. The van der Waals surface area contributed by atoms with Crippen molar-refractivity contribution in [1.29, 1.82) is 0 Å². The van der Waals surface area contributed by atoms with Crippen LogP contribution in [-0.4, -0.2) is 36.1 Å². The van der Waals surface area contributed by atoms with Crippen molar-refractivity contribution in [2.45, 2.75) is 19.4 Å². The molecule has 1 saturated heterocycles. The number of hydrogen-bond donors (Lipinski definition) is 2. The molecule has 5 nitrogen and oxygen atoms in total. The zero-order valence-electron chi connectivity index (χ0n) is 10.5. The smallest absolute Gasteiger partial charge is 0.335 e. The lowest BCUT2D eigenvalue weighted by Crippen LogP contribution is -2.55. The SMILES string of the molecule is CCC1C(=O)NCCN1c1ccc(C(=O)O)cc1Br. The number of hydrogen-bond acceptors (Lipinski definition) is 3. The molecule has 0 saturated carbocycles. The van der Waals surface area contributed by atoms with Gasteiger partial charge in [-0.25, -0.2) is 4.79 Å². The van der Waals surface area contributed by atoms with Crippen molar-refractivity contribution in [1.82, 2.24) is 5.32 Å². The third kappa shape index (κ3) is 2.73. The fraction of sp³-hybridized carbons (Fsp3) is 0.385. The molecule has 1 atom stereocenters. The predicted octanol–water partition coefficient (Wildman–Crippen LogP) is 1.86. The Balaban J connectivity index is 2.35. The number of anilines is 1. The predicted molar refractivity (Wildman–Crippen MR) is 75.5 cm³/mol. The molecule has 0 spiro atoms. The van der Waals surface area contributed by atoms with Crippen LogP contribution in [0.25, 0.3) is 0 Å². The first-order chi connectivity index (χ1) is 9.04. The summed E-state index contributed by atoms with van der Waals surface area (Å²) >= 11 is 3.39. The standard InChI is InChI=1S/C13H15BrN2O3/c1-2-10-12(17)15-5-6-16(10)11-4-3-8(13(18)19)7-9(11)14/h3-4,7,10H,2,5-6H2,1H3,(H,15,17)(H,18,19). The average Bonchev–Trinajstić information content (AvgIpc) is 2.38. The molecule has 1 fully saturated rings. The Morgan fingerprint density at radius 3 is 2.89 bits per heavy atom. The molecule has 1 aliphatic rings. The summed E-state index contributed by atoms with van der Waals surface area (Å²) in [5, 5.41) is 11.8. The molecular weight excluding hydrogens is 312 g/mol. The second-order valence-electron chi connectivity index (χ2n) is 4.38. The lowest BCUT2D eigenvalue weighted by atomic mass is 10.1. The van der Waals surface area contributed by atoms with Crippen LogP contribution in [0.1, 0.15) is 23.7 Å². The summed E-state index contributed by atoms with van der Waals surface area (Å²) in [5.41, 5.74) is 1.08.